The van der Waals surface area contributed by atoms with Gasteiger partial charge >= 0.3 is 5.97 Å². The van der Waals surface area contributed by atoms with Gasteiger partial charge in [-0.1, -0.05) is 0 Å². The molecule has 0 amide bonds. The third-order valence-electron chi connectivity index (χ3n) is 2.28. The van der Waals surface area contributed by atoms with Gasteiger partial charge in [-0.2, -0.15) is 0 Å². The van der Waals surface area contributed by atoms with Crippen molar-refractivity contribution in [2.24, 2.45) is 0 Å². The van der Waals surface area contributed by atoms with Crippen molar-refractivity contribution in [3.8, 4) is 5.75 Å². The molecular weight excluding hydrogens is 366 g/mol. The van der Waals surface area contributed by atoms with Crippen LogP contribution < -0.4 is 4.74 Å². The second-order valence-corrected chi connectivity index (χ2v) is 5.09. The number of carbonyl (C=O) groups excluding carboxylic acids is 1. The lowest BCUT2D eigenvalue weighted by Gasteiger charge is -2.06. The predicted octanol–water partition coefficient (Wildman–Crippen LogP) is 3.31. The van der Waals surface area contributed by atoms with Crippen molar-refractivity contribution in [1.29, 1.82) is 0 Å². The lowest BCUT2D eigenvalue weighted by molar-refractivity contribution is -0.142. The van der Waals surface area contributed by atoms with E-state index in [1.165, 1.54) is 7.11 Å². The highest BCUT2D eigenvalue weighted by molar-refractivity contribution is 9.13. The molecule has 0 atom stereocenters. The molecule has 1 aromatic carbocycles. The first-order valence-corrected chi connectivity index (χ1v) is 6.64. The predicted molar refractivity (Wildman–Crippen MR) is 74.7 cm³/mol. The Kier molecular flexibility index (Phi) is 4.19. The van der Waals surface area contributed by atoms with Gasteiger partial charge in [-0.3, -0.25) is 0 Å². The molecule has 0 N–H and O–H groups in total. The van der Waals surface area contributed by atoms with Crippen LogP contribution in [0, 0.1) is 0 Å². The smallest absolute Gasteiger partial charge is 0.343 e. The minimum Gasteiger partial charge on any atom is -0.482 e. The molecule has 0 aliphatic carbocycles. The maximum atomic E-state index is 11.0. The van der Waals surface area contributed by atoms with Crippen LogP contribution in [0.5, 0.6) is 5.75 Å². The van der Waals surface area contributed by atoms with Gasteiger partial charge in [-0.05, 0) is 56.1 Å². The average Bonchev–Trinajstić information content (AvgIpc) is 2.37. The number of carbonyl (C=O) groups is 1. The molecule has 2 aromatic rings. The summed E-state index contributed by atoms with van der Waals surface area (Å²) in [7, 11) is 1.32. The number of halogens is 2. The molecule has 0 fully saturated rings. The average molecular weight is 375 g/mol. The fraction of sp³-hybridized carbons (Fsp3) is 0.167. The topological polar surface area (TPSA) is 48.4 Å². The minimum absolute atomic E-state index is 0.104. The first-order valence-electron chi connectivity index (χ1n) is 5.05. The van der Waals surface area contributed by atoms with E-state index in [2.05, 4.69) is 41.6 Å². The third-order valence-corrected chi connectivity index (χ3v) is 4.02. The van der Waals surface area contributed by atoms with Crippen LogP contribution in [-0.2, 0) is 9.53 Å². The lowest BCUT2D eigenvalue weighted by atomic mass is 10.2. The van der Waals surface area contributed by atoms with Crippen LogP contribution in [-0.4, -0.2) is 24.7 Å². The van der Waals surface area contributed by atoms with Crippen molar-refractivity contribution in [1.82, 2.24) is 4.98 Å². The van der Waals surface area contributed by atoms with Crippen molar-refractivity contribution in [2.75, 3.05) is 13.7 Å². The normalized spacial score (nSPS) is 10.4. The minimum atomic E-state index is -0.412. The SMILES string of the molecule is COC(=O)COc1ccc2nc(Br)c(Br)cc2c1. The van der Waals surface area contributed by atoms with E-state index in [0.717, 1.165) is 20.0 Å². The Balaban J connectivity index is 2.27. The molecule has 1 aromatic heterocycles. The number of hydrogen-bond donors (Lipinski definition) is 0. The second kappa shape index (κ2) is 5.67. The summed E-state index contributed by atoms with van der Waals surface area (Å²) >= 11 is 6.73. The molecule has 2 rings (SSSR count). The van der Waals surface area contributed by atoms with Crippen LogP contribution in [0.2, 0.25) is 0 Å². The monoisotopic (exact) mass is 373 g/mol. The number of pyridine rings is 1. The van der Waals surface area contributed by atoms with Crippen molar-refractivity contribution >= 4 is 48.7 Å². The van der Waals surface area contributed by atoms with Crippen LogP contribution in [0.1, 0.15) is 0 Å². The molecule has 18 heavy (non-hydrogen) atoms. The zero-order valence-corrected chi connectivity index (χ0v) is 12.6. The molecule has 0 spiro atoms. The number of hydrogen-bond acceptors (Lipinski definition) is 4. The number of esters is 1. The molecule has 0 radical (unpaired) electrons. The van der Waals surface area contributed by atoms with Gasteiger partial charge in [0.1, 0.15) is 10.4 Å². The van der Waals surface area contributed by atoms with Crippen LogP contribution in [0.25, 0.3) is 10.9 Å². The van der Waals surface area contributed by atoms with Gasteiger partial charge in [0.15, 0.2) is 6.61 Å². The van der Waals surface area contributed by atoms with E-state index in [0.29, 0.717) is 5.75 Å². The molecule has 0 bridgehead atoms. The van der Waals surface area contributed by atoms with E-state index in [-0.39, 0.29) is 6.61 Å². The van der Waals surface area contributed by atoms with E-state index in [4.69, 9.17) is 4.74 Å². The first-order chi connectivity index (χ1) is 8.60. The summed E-state index contributed by atoms with van der Waals surface area (Å²) in [5, 5.41) is 0.924. The summed E-state index contributed by atoms with van der Waals surface area (Å²) in [6.07, 6.45) is 0. The highest BCUT2D eigenvalue weighted by atomic mass is 79.9. The Morgan fingerprint density at radius 3 is 2.83 bits per heavy atom. The van der Waals surface area contributed by atoms with Gasteiger partial charge in [0.05, 0.1) is 17.1 Å². The Bertz CT molecular complexity index is 601. The van der Waals surface area contributed by atoms with Crippen LogP contribution >= 0.6 is 31.9 Å². The van der Waals surface area contributed by atoms with Gasteiger partial charge < -0.3 is 9.47 Å². The zero-order valence-electron chi connectivity index (χ0n) is 9.44. The van der Waals surface area contributed by atoms with Gasteiger partial charge in [-0.15, -0.1) is 0 Å². The Hall–Kier alpha value is -1.14. The van der Waals surface area contributed by atoms with E-state index in [9.17, 15) is 4.79 Å². The van der Waals surface area contributed by atoms with E-state index in [1.54, 1.807) is 6.07 Å². The number of methoxy groups -OCH3 is 1. The quantitative estimate of drug-likeness (QED) is 0.610. The Labute approximate surface area is 121 Å². The Morgan fingerprint density at radius 2 is 2.11 bits per heavy atom. The van der Waals surface area contributed by atoms with Crippen molar-refractivity contribution in [2.45, 2.75) is 0 Å². The number of benzene rings is 1. The van der Waals surface area contributed by atoms with E-state index >= 15 is 0 Å². The summed E-state index contributed by atoms with van der Waals surface area (Å²) in [4.78, 5) is 15.3. The van der Waals surface area contributed by atoms with Crippen LogP contribution in [0.3, 0.4) is 0 Å². The molecule has 0 saturated heterocycles. The summed E-state index contributed by atoms with van der Waals surface area (Å²) in [6, 6.07) is 7.34. The standard InChI is InChI=1S/C12H9Br2NO3/c1-17-11(16)6-18-8-2-3-10-7(4-8)5-9(13)12(14)15-10/h2-5H,6H2,1H3. The van der Waals surface area contributed by atoms with Crippen molar-refractivity contribution in [3.63, 3.8) is 0 Å². The largest absolute Gasteiger partial charge is 0.482 e. The molecule has 1 heterocycles. The maximum absolute atomic E-state index is 11.0. The maximum Gasteiger partial charge on any atom is 0.343 e. The van der Waals surface area contributed by atoms with E-state index in [1.807, 2.05) is 18.2 Å². The number of nitrogens with zero attached hydrogens (tertiary/aromatic N) is 1. The van der Waals surface area contributed by atoms with Crippen LogP contribution in [0.4, 0.5) is 0 Å². The fourth-order valence-corrected chi connectivity index (χ4v) is 2.04. The van der Waals surface area contributed by atoms with Crippen LogP contribution in [0.15, 0.2) is 33.3 Å². The molecule has 0 aliphatic rings. The number of aromatic nitrogens is 1. The summed E-state index contributed by atoms with van der Waals surface area (Å²) in [5.74, 6) is 0.189. The summed E-state index contributed by atoms with van der Waals surface area (Å²) in [5.41, 5.74) is 0.843. The van der Waals surface area contributed by atoms with Crippen molar-refractivity contribution in [3.05, 3.63) is 33.3 Å². The van der Waals surface area contributed by atoms with Gasteiger partial charge in [0.2, 0.25) is 0 Å². The summed E-state index contributed by atoms with van der Waals surface area (Å²) in [6.45, 7) is -0.104. The van der Waals surface area contributed by atoms with Crippen molar-refractivity contribution < 1.29 is 14.3 Å². The lowest BCUT2D eigenvalue weighted by Crippen LogP contribution is -2.12. The molecule has 0 saturated carbocycles. The van der Waals surface area contributed by atoms with E-state index < -0.39 is 5.97 Å². The number of fused-ring (bicyclic) bond motifs is 1. The Morgan fingerprint density at radius 1 is 1.33 bits per heavy atom. The summed E-state index contributed by atoms with van der Waals surface area (Å²) < 4.78 is 11.4. The fourth-order valence-electron chi connectivity index (χ4n) is 1.40. The van der Waals surface area contributed by atoms with Gasteiger partial charge in [0.25, 0.3) is 0 Å². The zero-order chi connectivity index (χ0) is 13.1. The van der Waals surface area contributed by atoms with Gasteiger partial charge in [0, 0.05) is 5.39 Å². The molecule has 4 nitrogen and oxygen atoms in total. The molecule has 0 unspecified atom stereocenters. The second-order valence-electron chi connectivity index (χ2n) is 3.48. The highest BCUT2D eigenvalue weighted by Crippen LogP contribution is 2.27. The highest BCUT2D eigenvalue weighted by Gasteiger charge is 2.05. The number of rotatable bonds is 3. The molecule has 0 aliphatic heterocycles. The molecular formula is C12H9Br2NO3. The molecule has 94 valence electrons. The molecule has 6 heteroatoms. The number of ether oxygens (including phenoxy) is 2. The third kappa shape index (κ3) is 3.00. The first kappa shape index (κ1) is 13.3. The van der Waals surface area contributed by atoms with Gasteiger partial charge in [-0.25, -0.2) is 9.78 Å².